The standard InChI is InChI=1S/C13H13NO2S/c1-7-8-6-14-9-4-3-5-10(11(8)9)17-12(7)13(15)16-2/h3-7,12,14H,1-2H3/t7-,12+/m0/s1. The maximum absolute atomic E-state index is 11.8. The van der Waals surface area contributed by atoms with Gasteiger partial charge in [-0.05, 0) is 17.7 Å². The van der Waals surface area contributed by atoms with Gasteiger partial charge in [-0.3, -0.25) is 4.79 Å². The number of carbonyl (C=O) groups is 1. The van der Waals surface area contributed by atoms with Crippen LogP contribution in [0.4, 0.5) is 0 Å². The average Bonchev–Trinajstić information content (AvgIpc) is 2.78. The highest BCUT2D eigenvalue weighted by molar-refractivity contribution is 8.01. The fourth-order valence-corrected chi connectivity index (χ4v) is 3.72. The van der Waals surface area contributed by atoms with E-state index in [9.17, 15) is 4.79 Å². The summed E-state index contributed by atoms with van der Waals surface area (Å²) in [5.41, 5.74) is 2.35. The zero-order valence-corrected chi connectivity index (χ0v) is 10.5. The van der Waals surface area contributed by atoms with Crippen LogP contribution in [0.5, 0.6) is 0 Å². The number of esters is 1. The topological polar surface area (TPSA) is 42.1 Å². The highest BCUT2D eigenvalue weighted by Crippen LogP contribution is 2.45. The van der Waals surface area contributed by atoms with Gasteiger partial charge < -0.3 is 9.72 Å². The van der Waals surface area contributed by atoms with Crippen molar-refractivity contribution in [2.75, 3.05) is 7.11 Å². The van der Waals surface area contributed by atoms with Crippen LogP contribution in [-0.2, 0) is 9.53 Å². The summed E-state index contributed by atoms with van der Waals surface area (Å²) in [6, 6.07) is 6.13. The summed E-state index contributed by atoms with van der Waals surface area (Å²) in [7, 11) is 1.45. The molecule has 0 amide bonds. The maximum Gasteiger partial charge on any atom is 0.319 e. The minimum absolute atomic E-state index is 0.145. The van der Waals surface area contributed by atoms with E-state index in [4.69, 9.17) is 4.74 Å². The van der Waals surface area contributed by atoms with Gasteiger partial charge >= 0.3 is 5.97 Å². The molecule has 1 aromatic carbocycles. The predicted octanol–water partition coefficient (Wildman–Crippen LogP) is 2.92. The second-order valence-corrected chi connectivity index (χ2v) is 5.46. The normalized spacial score (nSPS) is 22.7. The third kappa shape index (κ3) is 1.47. The van der Waals surface area contributed by atoms with E-state index in [1.807, 2.05) is 12.3 Å². The molecular formula is C13H13NO2S. The molecule has 1 aliphatic heterocycles. The molecule has 3 rings (SSSR count). The number of thioether (sulfide) groups is 1. The van der Waals surface area contributed by atoms with Gasteiger partial charge in [-0.25, -0.2) is 0 Å². The first kappa shape index (κ1) is 10.7. The lowest BCUT2D eigenvalue weighted by Crippen LogP contribution is -2.26. The minimum Gasteiger partial charge on any atom is -0.468 e. The molecule has 0 fully saturated rings. The molecule has 0 saturated heterocycles. The van der Waals surface area contributed by atoms with Gasteiger partial charge in [-0.1, -0.05) is 13.0 Å². The Kier molecular flexibility index (Phi) is 2.40. The summed E-state index contributed by atoms with van der Waals surface area (Å²) in [5, 5.41) is 1.11. The van der Waals surface area contributed by atoms with Crippen molar-refractivity contribution in [3.63, 3.8) is 0 Å². The van der Waals surface area contributed by atoms with E-state index in [2.05, 4.69) is 24.0 Å². The van der Waals surface area contributed by atoms with Crippen molar-refractivity contribution in [3.05, 3.63) is 30.0 Å². The second kappa shape index (κ2) is 3.81. The van der Waals surface area contributed by atoms with Gasteiger partial charge in [0.05, 0.1) is 7.11 Å². The Morgan fingerprint density at radius 1 is 1.47 bits per heavy atom. The van der Waals surface area contributed by atoms with Crippen molar-refractivity contribution in [2.24, 2.45) is 0 Å². The van der Waals surface area contributed by atoms with Gasteiger partial charge in [-0.15, -0.1) is 11.8 Å². The van der Waals surface area contributed by atoms with Crippen LogP contribution in [0.25, 0.3) is 10.9 Å². The number of methoxy groups -OCH3 is 1. The van der Waals surface area contributed by atoms with Gasteiger partial charge in [0.2, 0.25) is 0 Å². The van der Waals surface area contributed by atoms with Crippen LogP contribution in [0.3, 0.4) is 0 Å². The Bertz CT molecular complexity index is 590. The number of aromatic amines is 1. The van der Waals surface area contributed by atoms with E-state index in [1.165, 1.54) is 18.1 Å². The van der Waals surface area contributed by atoms with Crippen LogP contribution in [0.2, 0.25) is 0 Å². The molecule has 0 saturated carbocycles. The Balaban J connectivity index is 2.16. The van der Waals surface area contributed by atoms with E-state index in [0.717, 1.165) is 10.4 Å². The molecule has 0 unspecified atom stereocenters. The van der Waals surface area contributed by atoms with Gasteiger partial charge in [0.25, 0.3) is 0 Å². The Morgan fingerprint density at radius 3 is 3.06 bits per heavy atom. The summed E-state index contributed by atoms with van der Waals surface area (Å²) in [4.78, 5) is 16.2. The summed E-state index contributed by atoms with van der Waals surface area (Å²) in [6.07, 6.45) is 2.01. The quantitative estimate of drug-likeness (QED) is 0.788. The van der Waals surface area contributed by atoms with Crippen molar-refractivity contribution >= 4 is 28.6 Å². The average molecular weight is 247 g/mol. The van der Waals surface area contributed by atoms with Crippen LogP contribution in [0, 0.1) is 0 Å². The SMILES string of the molecule is COC(=O)[C@@H]1Sc2cccc3[nH]cc(c23)[C@@H]1C. The van der Waals surface area contributed by atoms with Crippen molar-refractivity contribution in [2.45, 2.75) is 23.0 Å². The predicted molar refractivity (Wildman–Crippen MR) is 68.4 cm³/mol. The molecule has 0 aliphatic carbocycles. The molecule has 4 heteroatoms. The number of ether oxygens (including phenoxy) is 1. The summed E-state index contributed by atoms with van der Waals surface area (Å²) < 4.78 is 4.88. The van der Waals surface area contributed by atoms with Crippen molar-refractivity contribution in [1.82, 2.24) is 4.98 Å². The van der Waals surface area contributed by atoms with Crippen LogP contribution < -0.4 is 0 Å². The second-order valence-electron chi connectivity index (χ2n) is 4.27. The highest BCUT2D eigenvalue weighted by Gasteiger charge is 2.34. The van der Waals surface area contributed by atoms with Crippen LogP contribution in [0.1, 0.15) is 18.4 Å². The Morgan fingerprint density at radius 2 is 2.29 bits per heavy atom. The molecule has 2 heterocycles. The fourth-order valence-electron chi connectivity index (χ4n) is 2.40. The molecule has 3 nitrogen and oxygen atoms in total. The van der Waals surface area contributed by atoms with E-state index in [0.29, 0.717) is 0 Å². The molecule has 1 aliphatic rings. The molecular weight excluding hydrogens is 234 g/mol. The molecule has 0 radical (unpaired) electrons. The lowest BCUT2D eigenvalue weighted by molar-refractivity contribution is -0.140. The molecule has 17 heavy (non-hydrogen) atoms. The van der Waals surface area contributed by atoms with E-state index < -0.39 is 0 Å². The lowest BCUT2D eigenvalue weighted by atomic mass is 9.96. The number of nitrogens with one attached hydrogen (secondary N) is 1. The van der Waals surface area contributed by atoms with Crippen LogP contribution in [-0.4, -0.2) is 23.3 Å². The van der Waals surface area contributed by atoms with Crippen molar-refractivity contribution < 1.29 is 9.53 Å². The number of benzene rings is 1. The van der Waals surface area contributed by atoms with Crippen LogP contribution >= 0.6 is 11.8 Å². The highest BCUT2D eigenvalue weighted by atomic mass is 32.2. The molecule has 1 N–H and O–H groups in total. The Labute approximate surface area is 104 Å². The van der Waals surface area contributed by atoms with E-state index >= 15 is 0 Å². The number of rotatable bonds is 1. The summed E-state index contributed by atoms with van der Waals surface area (Å²) >= 11 is 1.60. The fraction of sp³-hybridized carbons (Fsp3) is 0.308. The number of H-pyrrole nitrogens is 1. The summed E-state index contributed by atoms with van der Waals surface area (Å²) in [5.74, 6) is 0.0300. The first-order valence-corrected chi connectivity index (χ1v) is 6.45. The molecule has 2 atom stereocenters. The monoisotopic (exact) mass is 247 g/mol. The smallest absolute Gasteiger partial charge is 0.319 e. The van der Waals surface area contributed by atoms with Gasteiger partial charge in [0, 0.05) is 27.9 Å². The number of aromatic nitrogens is 1. The molecule has 88 valence electrons. The number of carbonyl (C=O) groups excluding carboxylic acids is 1. The molecule has 0 bridgehead atoms. The largest absolute Gasteiger partial charge is 0.468 e. The lowest BCUT2D eigenvalue weighted by Gasteiger charge is -2.26. The number of hydrogen-bond donors (Lipinski definition) is 1. The van der Waals surface area contributed by atoms with Crippen LogP contribution in [0.15, 0.2) is 29.3 Å². The van der Waals surface area contributed by atoms with Gasteiger partial charge in [0.15, 0.2) is 0 Å². The summed E-state index contributed by atoms with van der Waals surface area (Å²) in [6.45, 7) is 2.08. The minimum atomic E-state index is -0.147. The first-order chi connectivity index (χ1) is 8.22. The van der Waals surface area contributed by atoms with E-state index in [-0.39, 0.29) is 17.1 Å². The molecule has 1 aromatic heterocycles. The third-order valence-corrected chi connectivity index (χ3v) is 4.78. The zero-order chi connectivity index (χ0) is 12.0. The van der Waals surface area contributed by atoms with Crippen molar-refractivity contribution in [1.29, 1.82) is 0 Å². The maximum atomic E-state index is 11.8. The van der Waals surface area contributed by atoms with Gasteiger partial charge in [0.1, 0.15) is 5.25 Å². The van der Waals surface area contributed by atoms with Crippen molar-refractivity contribution in [3.8, 4) is 0 Å². The molecule has 0 spiro atoms. The van der Waals surface area contributed by atoms with Gasteiger partial charge in [-0.2, -0.15) is 0 Å². The van der Waals surface area contributed by atoms with E-state index in [1.54, 1.807) is 11.8 Å². The number of hydrogen-bond acceptors (Lipinski definition) is 3. The zero-order valence-electron chi connectivity index (χ0n) is 9.69. The third-order valence-electron chi connectivity index (χ3n) is 3.33. The molecule has 2 aromatic rings. The first-order valence-electron chi connectivity index (χ1n) is 5.57. The Hall–Kier alpha value is -1.42.